The summed E-state index contributed by atoms with van der Waals surface area (Å²) in [5.74, 6) is 0.181. The summed E-state index contributed by atoms with van der Waals surface area (Å²) < 4.78 is 1.92. The Bertz CT molecular complexity index is 837. The van der Waals surface area contributed by atoms with Gasteiger partial charge in [-0.25, -0.2) is 9.50 Å². The second-order valence-electron chi connectivity index (χ2n) is 5.66. The van der Waals surface area contributed by atoms with Gasteiger partial charge in [0.1, 0.15) is 0 Å². The van der Waals surface area contributed by atoms with Crippen molar-refractivity contribution in [2.24, 2.45) is 0 Å². The summed E-state index contributed by atoms with van der Waals surface area (Å²) in [5.41, 5.74) is 5.22. The van der Waals surface area contributed by atoms with Crippen molar-refractivity contribution >= 4 is 22.9 Å². The Hall–Kier alpha value is -2.21. The quantitative estimate of drug-likeness (QED) is 0.729. The number of aromatic nitrogens is 3. The van der Waals surface area contributed by atoms with Crippen LogP contribution in [0.25, 0.3) is 5.65 Å². The van der Waals surface area contributed by atoms with Crippen molar-refractivity contribution in [3.63, 3.8) is 0 Å². The summed E-state index contributed by atoms with van der Waals surface area (Å²) in [7, 11) is 0. The van der Waals surface area contributed by atoms with E-state index in [0.717, 1.165) is 35.4 Å². The summed E-state index contributed by atoms with van der Waals surface area (Å²) in [6.07, 6.45) is 3.19. The SMILES string of the molecule is Cc1cc2ncc3c(n2n1)CCN(C(=O)Cc1ccsc1)C3. The van der Waals surface area contributed by atoms with Crippen LogP contribution in [-0.2, 0) is 24.2 Å². The zero-order valence-corrected chi connectivity index (χ0v) is 13.1. The van der Waals surface area contributed by atoms with Crippen LogP contribution in [0.5, 0.6) is 0 Å². The molecule has 3 aromatic heterocycles. The Morgan fingerprint density at radius 2 is 2.36 bits per heavy atom. The lowest BCUT2D eigenvalue weighted by Gasteiger charge is -2.28. The van der Waals surface area contributed by atoms with Gasteiger partial charge < -0.3 is 4.90 Å². The molecule has 22 heavy (non-hydrogen) atoms. The topological polar surface area (TPSA) is 50.5 Å². The van der Waals surface area contributed by atoms with Gasteiger partial charge in [0, 0.05) is 37.3 Å². The average molecular weight is 312 g/mol. The van der Waals surface area contributed by atoms with E-state index in [1.54, 1.807) is 11.3 Å². The molecule has 5 nitrogen and oxygen atoms in total. The van der Waals surface area contributed by atoms with E-state index in [-0.39, 0.29) is 5.91 Å². The minimum atomic E-state index is 0.181. The van der Waals surface area contributed by atoms with Crippen LogP contribution in [0.3, 0.4) is 0 Å². The van der Waals surface area contributed by atoms with Crippen molar-refractivity contribution < 1.29 is 4.79 Å². The number of thiophene rings is 1. The van der Waals surface area contributed by atoms with Gasteiger partial charge >= 0.3 is 0 Å². The lowest BCUT2D eigenvalue weighted by Crippen LogP contribution is -2.37. The van der Waals surface area contributed by atoms with Gasteiger partial charge in [0.25, 0.3) is 0 Å². The summed E-state index contributed by atoms with van der Waals surface area (Å²) in [4.78, 5) is 18.8. The number of rotatable bonds is 2. The second-order valence-corrected chi connectivity index (χ2v) is 6.44. The molecule has 1 amide bonds. The first-order valence-electron chi connectivity index (χ1n) is 7.33. The zero-order valence-electron chi connectivity index (χ0n) is 12.3. The number of fused-ring (bicyclic) bond motifs is 3. The third-order valence-electron chi connectivity index (χ3n) is 4.06. The van der Waals surface area contributed by atoms with Gasteiger partial charge in [-0.05, 0) is 29.3 Å². The Balaban J connectivity index is 1.59. The molecule has 4 heterocycles. The van der Waals surface area contributed by atoms with Crippen molar-refractivity contribution in [2.45, 2.75) is 26.3 Å². The van der Waals surface area contributed by atoms with E-state index in [4.69, 9.17) is 0 Å². The molecule has 1 aliphatic heterocycles. The van der Waals surface area contributed by atoms with Crippen LogP contribution in [0, 0.1) is 6.92 Å². The van der Waals surface area contributed by atoms with Crippen LogP contribution >= 0.6 is 11.3 Å². The molecule has 0 unspecified atom stereocenters. The summed E-state index contributed by atoms with van der Waals surface area (Å²) in [6, 6.07) is 3.99. The molecule has 0 aliphatic carbocycles. The lowest BCUT2D eigenvalue weighted by atomic mass is 10.1. The summed E-state index contributed by atoms with van der Waals surface area (Å²) in [6.45, 7) is 3.34. The van der Waals surface area contributed by atoms with Gasteiger partial charge in [-0.3, -0.25) is 4.79 Å². The maximum absolute atomic E-state index is 12.4. The van der Waals surface area contributed by atoms with E-state index in [0.29, 0.717) is 13.0 Å². The molecule has 6 heteroatoms. The van der Waals surface area contributed by atoms with E-state index in [1.807, 2.05) is 45.4 Å². The number of hydrogen-bond acceptors (Lipinski definition) is 4. The van der Waals surface area contributed by atoms with Crippen molar-refractivity contribution in [1.82, 2.24) is 19.5 Å². The van der Waals surface area contributed by atoms with Gasteiger partial charge in [-0.15, -0.1) is 0 Å². The molecule has 0 saturated heterocycles. The monoisotopic (exact) mass is 312 g/mol. The highest BCUT2D eigenvalue weighted by Crippen LogP contribution is 2.20. The lowest BCUT2D eigenvalue weighted by molar-refractivity contribution is -0.131. The molecular formula is C16H16N4OS. The van der Waals surface area contributed by atoms with Crippen molar-refractivity contribution in [1.29, 1.82) is 0 Å². The Kier molecular flexibility index (Phi) is 3.18. The predicted molar refractivity (Wildman–Crippen MR) is 84.9 cm³/mol. The molecule has 0 aromatic carbocycles. The smallest absolute Gasteiger partial charge is 0.227 e. The zero-order chi connectivity index (χ0) is 15.1. The maximum atomic E-state index is 12.4. The highest BCUT2D eigenvalue weighted by Gasteiger charge is 2.23. The highest BCUT2D eigenvalue weighted by atomic mass is 32.1. The number of amides is 1. The Labute approximate surface area is 132 Å². The third-order valence-corrected chi connectivity index (χ3v) is 4.79. The van der Waals surface area contributed by atoms with E-state index in [9.17, 15) is 4.79 Å². The van der Waals surface area contributed by atoms with Crippen molar-refractivity contribution in [3.8, 4) is 0 Å². The molecule has 0 N–H and O–H groups in total. The van der Waals surface area contributed by atoms with Crippen LogP contribution in [0.4, 0.5) is 0 Å². The molecule has 0 atom stereocenters. The number of nitrogens with zero attached hydrogens (tertiary/aromatic N) is 4. The van der Waals surface area contributed by atoms with Gasteiger partial charge in [0.2, 0.25) is 5.91 Å². The molecule has 112 valence electrons. The van der Waals surface area contributed by atoms with Crippen LogP contribution in [0.15, 0.2) is 29.1 Å². The van der Waals surface area contributed by atoms with Crippen LogP contribution < -0.4 is 0 Å². The van der Waals surface area contributed by atoms with Gasteiger partial charge in [-0.1, -0.05) is 0 Å². The standard InChI is InChI=1S/C16H16N4OS/c1-11-6-15-17-8-13-9-19(4-2-14(13)20(15)18-11)16(21)7-12-3-5-22-10-12/h3,5-6,8,10H,2,4,7,9H2,1H3. The average Bonchev–Trinajstić information content (AvgIpc) is 3.15. The Morgan fingerprint density at radius 3 is 3.18 bits per heavy atom. The molecular weight excluding hydrogens is 296 g/mol. The number of carbonyl (C=O) groups is 1. The highest BCUT2D eigenvalue weighted by molar-refractivity contribution is 7.07. The number of hydrogen-bond donors (Lipinski definition) is 0. The Morgan fingerprint density at radius 1 is 1.45 bits per heavy atom. The van der Waals surface area contributed by atoms with Crippen LogP contribution in [0.1, 0.15) is 22.5 Å². The molecule has 0 fully saturated rings. The summed E-state index contributed by atoms with van der Waals surface area (Å²) in [5, 5.41) is 8.55. The molecule has 0 spiro atoms. The normalized spacial score (nSPS) is 14.3. The molecule has 4 rings (SSSR count). The first-order chi connectivity index (χ1) is 10.7. The molecule has 1 aliphatic rings. The molecule has 0 saturated carbocycles. The summed E-state index contributed by atoms with van der Waals surface area (Å²) >= 11 is 1.63. The number of aryl methyl sites for hydroxylation is 1. The molecule has 0 bridgehead atoms. The third kappa shape index (κ3) is 2.29. The largest absolute Gasteiger partial charge is 0.338 e. The fourth-order valence-electron chi connectivity index (χ4n) is 2.95. The fourth-order valence-corrected chi connectivity index (χ4v) is 3.62. The van der Waals surface area contributed by atoms with Gasteiger partial charge in [0.15, 0.2) is 5.65 Å². The minimum Gasteiger partial charge on any atom is -0.338 e. The minimum absolute atomic E-state index is 0.181. The fraction of sp³-hybridized carbons (Fsp3) is 0.312. The van der Waals surface area contributed by atoms with E-state index in [2.05, 4.69) is 10.1 Å². The van der Waals surface area contributed by atoms with Crippen molar-refractivity contribution in [3.05, 3.63) is 51.6 Å². The first kappa shape index (κ1) is 13.5. The van der Waals surface area contributed by atoms with Gasteiger partial charge in [-0.2, -0.15) is 16.4 Å². The van der Waals surface area contributed by atoms with E-state index >= 15 is 0 Å². The van der Waals surface area contributed by atoms with Crippen LogP contribution in [0.2, 0.25) is 0 Å². The van der Waals surface area contributed by atoms with E-state index < -0.39 is 0 Å². The van der Waals surface area contributed by atoms with Crippen molar-refractivity contribution in [2.75, 3.05) is 6.54 Å². The van der Waals surface area contributed by atoms with Crippen LogP contribution in [-0.4, -0.2) is 31.9 Å². The first-order valence-corrected chi connectivity index (χ1v) is 8.27. The van der Waals surface area contributed by atoms with E-state index in [1.165, 1.54) is 5.69 Å². The van der Waals surface area contributed by atoms with Gasteiger partial charge in [0.05, 0.1) is 17.8 Å². The predicted octanol–water partition coefficient (Wildman–Crippen LogP) is 2.23. The maximum Gasteiger partial charge on any atom is 0.227 e. The number of carbonyl (C=O) groups excluding carboxylic acids is 1. The molecule has 0 radical (unpaired) electrons. The second kappa shape index (κ2) is 5.21. The molecule has 3 aromatic rings.